The fourth-order valence-corrected chi connectivity index (χ4v) is 3.33. The van der Waals surface area contributed by atoms with Crippen molar-refractivity contribution < 1.29 is 19.5 Å². The van der Waals surface area contributed by atoms with E-state index >= 15 is 0 Å². The van der Waals surface area contributed by atoms with E-state index in [0.29, 0.717) is 5.69 Å². The topological polar surface area (TPSA) is 101 Å². The van der Waals surface area contributed by atoms with Crippen LogP contribution in [0.25, 0.3) is 0 Å². The Labute approximate surface area is 132 Å². The van der Waals surface area contributed by atoms with Crippen LogP contribution in [0.5, 0.6) is 0 Å². The SMILES string of the molecule is Cc1ccc(C)c(N2C(=O)C[C@H](SC[C@H](N)C(=O)O)C2=O)c1. The van der Waals surface area contributed by atoms with Crippen molar-refractivity contribution in [3.8, 4) is 0 Å². The molecule has 0 saturated carbocycles. The van der Waals surface area contributed by atoms with E-state index in [1.807, 2.05) is 26.0 Å². The first kappa shape index (κ1) is 16.5. The molecule has 0 radical (unpaired) electrons. The predicted molar refractivity (Wildman–Crippen MR) is 84.9 cm³/mol. The fourth-order valence-electron chi connectivity index (χ4n) is 2.24. The third kappa shape index (κ3) is 3.31. The molecule has 1 aromatic rings. The van der Waals surface area contributed by atoms with Crippen molar-refractivity contribution in [2.45, 2.75) is 31.6 Å². The molecule has 22 heavy (non-hydrogen) atoms. The van der Waals surface area contributed by atoms with Gasteiger partial charge in [-0.3, -0.25) is 14.4 Å². The van der Waals surface area contributed by atoms with Gasteiger partial charge in [0.2, 0.25) is 11.8 Å². The summed E-state index contributed by atoms with van der Waals surface area (Å²) in [4.78, 5) is 36.6. The summed E-state index contributed by atoms with van der Waals surface area (Å²) in [5.41, 5.74) is 7.84. The number of thioether (sulfide) groups is 1. The van der Waals surface area contributed by atoms with Crippen molar-refractivity contribution in [1.29, 1.82) is 0 Å². The molecule has 3 N–H and O–H groups in total. The van der Waals surface area contributed by atoms with Crippen molar-refractivity contribution in [3.63, 3.8) is 0 Å². The molecule has 6 nitrogen and oxygen atoms in total. The number of hydrogen-bond donors (Lipinski definition) is 2. The molecule has 118 valence electrons. The van der Waals surface area contributed by atoms with E-state index in [-0.39, 0.29) is 24.0 Å². The number of nitrogens with zero attached hydrogens (tertiary/aromatic N) is 1. The lowest BCUT2D eigenvalue weighted by molar-refractivity contribution is -0.138. The first-order valence-corrected chi connectivity index (χ1v) is 7.90. The molecule has 1 saturated heterocycles. The molecule has 2 amide bonds. The van der Waals surface area contributed by atoms with Gasteiger partial charge in [-0.2, -0.15) is 0 Å². The van der Waals surface area contributed by atoms with Gasteiger partial charge in [0.1, 0.15) is 6.04 Å². The van der Waals surface area contributed by atoms with Crippen molar-refractivity contribution in [2.75, 3.05) is 10.7 Å². The average molecular weight is 322 g/mol. The lowest BCUT2D eigenvalue weighted by Crippen LogP contribution is -2.35. The van der Waals surface area contributed by atoms with Gasteiger partial charge in [0.25, 0.3) is 0 Å². The van der Waals surface area contributed by atoms with Gasteiger partial charge in [-0.05, 0) is 31.0 Å². The molecule has 0 spiro atoms. The van der Waals surface area contributed by atoms with E-state index in [0.717, 1.165) is 22.9 Å². The average Bonchev–Trinajstić information content (AvgIpc) is 2.73. The molecule has 0 bridgehead atoms. The Bertz CT molecular complexity index is 632. The zero-order valence-electron chi connectivity index (χ0n) is 12.4. The van der Waals surface area contributed by atoms with Crippen LogP contribution >= 0.6 is 11.8 Å². The van der Waals surface area contributed by atoms with Crippen molar-refractivity contribution in [2.24, 2.45) is 5.73 Å². The summed E-state index contributed by atoms with van der Waals surface area (Å²) >= 11 is 1.12. The number of benzene rings is 1. The highest BCUT2D eigenvalue weighted by Crippen LogP contribution is 2.32. The van der Waals surface area contributed by atoms with E-state index in [9.17, 15) is 14.4 Å². The molecule has 1 aromatic carbocycles. The molecule has 1 fully saturated rings. The van der Waals surface area contributed by atoms with Gasteiger partial charge in [-0.25, -0.2) is 4.90 Å². The van der Waals surface area contributed by atoms with Gasteiger partial charge in [-0.15, -0.1) is 11.8 Å². The molecular formula is C15H18N2O4S. The minimum absolute atomic E-state index is 0.0726. The molecule has 1 heterocycles. The minimum Gasteiger partial charge on any atom is -0.480 e. The highest BCUT2D eigenvalue weighted by Gasteiger charge is 2.40. The van der Waals surface area contributed by atoms with Crippen LogP contribution in [0.2, 0.25) is 0 Å². The number of amides is 2. The van der Waals surface area contributed by atoms with Crippen LogP contribution in [0.15, 0.2) is 18.2 Å². The van der Waals surface area contributed by atoms with Crippen LogP contribution in [0.3, 0.4) is 0 Å². The summed E-state index contributed by atoms with van der Waals surface area (Å²) in [7, 11) is 0. The number of hydrogen-bond acceptors (Lipinski definition) is 5. The number of rotatable bonds is 5. The lowest BCUT2D eigenvalue weighted by atomic mass is 10.1. The first-order valence-electron chi connectivity index (χ1n) is 6.85. The van der Waals surface area contributed by atoms with Gasteiger partial charge in [0, 0.05) is 12.2 Å². The van der Waals surface area contributed by atoms with Gasteiger partial charge in [0.05, 0.1) is 10.9 Å². The van der Waals surface area contributed by atoms with Crippen LogP contribution in [-0.2, 0) is 14.4 Å². The molecule has 7 heteroatoms. The van der Waals surface area contributed by atoms with Crippen LogP contribution in [0.1, 0.15) is 17.5 Å². The number of imide groups is 1. The summed E-state index contributed by atoms with van der Waals surface area (Å²) < 4.78 is 0. The third-order valence-electron chi connectivity index (χ3n) is 3.50. The standard InChI is InChI=1S/C15H18N2O4S/c1-8-3-4-9(2)11(5-8)17-13(18)6-12(14(17)19)22-7-10(16)15(20)21/h3-5,10,12H,6-7,16H2,1-2H3,(H,20,21)/t10-,12-/m0/s1. The molecule has 0 aliphatic carbocycles. The molecule has 0 unspecified atom stereocenters. The maximum Gasteiger partial charge on any atom is 0.321 e. The largest absolute Gasteiger partial charge is 0.480 e. The molecule has 2 atom stereocenters. The number of aliphatic carboxylic acids is 1. The number of carboxylic acid groups (broad SMARTS) is 1. The highest BCUT2D eigenvalue weighted by molar-refractivity contribution is 8.00. The first-order chi connectivity index (χ1) is 10.3. The molecule has 1 aliphatic rings. The zero-order valence-corrected chi connectivity index (χ0v) is 13.2. The number of carboxylic acids is 1. The molecule has 0 aromatic heterocycles. The normalized spacial score (nSPS) is 19.6. The minimum atomic E-state index is -1.12. The number of anilines is 1. The smallest absolute Gasteiger partial charge is 0.321 e. The highest BCUT2D eigenvalue weighted by atomic mass is 32.2. The van der Waals surface area contributed by atoms with Crippen LogP contribution in [0, 0.1) is 13.8 Å². The molecular weight excluding hydrogens is 304 g/mol. The predicted octanol–water partition coefficient (Wildman–Crippen LogP) is 1.08. The maximum absolute atomic E-state index is 12.5. The summed E-state index contributed by atoms with van der Waals surface area (Å²) in [6, 6.07) is 4.55. The number of nitrogens with two attached hydrogens (primary N) is 1. The fraction of sp³-hybridized carbons (Fsp3) is 0.400. The van der Waals surface area contributed by atoms with E-state index in [1.54, 1.807) is 6.07 Å². The van der Waals surface area contributed by atoms with Gasteiger partial charge >= 0.3 is 5.97 Å². The van der Waals surface area contributed by atoms with E-state index in [4.69, 9.17) is 10.8 Å². The quantitative estimate of drug-likeness (QED) is 0.787. The maximum atomic E-state index is 12.5. The van der Waals surface area contributed by atoms with Crippen LogP contribution in [-0.4, -0.2) is 39.9 Å². The summed E-state index contributed by atoms with van der Waals surface area (Å²) in [6.45, 7) is 3.74. The van der Waals surface area contributed by atoms with E-state index in [2.05, 4.69) is 0 Å². The van der Waals surface area contributed by atoms with Gasteiger partial charge in [-0.1, -0.05) is 12.1 Å². The Balaban J connectivity index is 2.15. The van der Waals surface area contributed by atoms with Gasteiger partial charge in [0.15, 0.2) is 0 Å². The Hall–Kier alpha value is -1.86. The van der Waals surface area contributed by atoms with E-state index < -0.39 is 17.3 Å². The number of carbonyl (C=O) groups is 3. The Morgan fingerprint density at radius 2 is 2.14 bits per heavy atom. The Morgan fingerprint density at radius 1 is 1.45 bits per heavy atom. The molecule has 1 aliphatic heterocycles. The third-order valence-corrected chi connectivity index (χ3v) is 4.83. The number of carbonyl (C=O) groups excluding carboxylic acids is 2. The van der Waals surface area contributed by atoms with E-state index in [1.165, 1.54) is 4.90 Å². The van der Waals surface area contributed by atoms with Crippen LogP contribution < -0.4 is 10.6 Å². The zero-order chi connectivity index (χ0) is 16.4. The van der Waals surface area contributed by atoms with Crippen LogP contribution in [0.4, 0.5) is 5.69 Å². The Kier molecular flexibility index (Phi) is 4.87. The monoisotopic (exact) mass is 322 g/mol. The summed E-state index contributed by atoms with van der Waals surface area (Å²) in [6.07, 6.45) is 0.0726. The lowest BCUT2D eigenvalue weighted by Gasteiger charge is -2.18. The summed E-state index contributed by atoms with van der Waals surface area (Å²) in [5.74, 6) is -1.59. The van der Waals surface area contributed by atoms with Gasteiger partial charge < -0.3 is 10.8 Å². The Morgan fingerprint density at radius 3 is 2.77 bits per heavy atom. The van der Waals surface area contributed by atoms with Crippen molar-refractivity contribution >= 4 is 35.2 Å². The second-order valence-electron chi connectivity index (χ2n) is 5.33. The summed E-state index contributed by atoms with van der Waals surface area (Å²) in [5, 5.41) is 8.20. The molecule has 2 rings (SSSR count). The van der Waals surface area contributed by atoms with Crippen molar-refractivity contribution in [3.05, 3.63) is 29.3 Å². The second-order valence-corrected chi connectivity index (χ2v) is 6.56. The second kappa shape index (κ2) is 6.50. The van der Waals surface area contributed by atoms with Crippen molar-refractivity contribution in [1.82, 2.24) is 0 Å². The number of aryl methyl sites for hydroxylation is 2.